The van der Waals surface area contributed by atoms with Crippen LogP contribution in [0.3, 0.4) is 0 Å². The second-order valence-corrected chi connectivity index (χ2v) is 5.53. The number of aromatic nitrogens is 2. The van der Waals surface area contributed by atoms with Gasteiger partial charge in [0.25, 0.3) is 0 Å². The van der Waals surface area contributed by atoms with E-state index >= 15 is 0 Å². The van der Waals surface area contributed by atoms with Gasteiger partial charge in [-0.25, -0.2) is 4.68 Å². The van der Waals surface area contributed by atoms with Gasteiger partial charge in [0.05, 0.1) is 42.7 Å². The van der Waals surface area contributed by atoms with E-state index in [4.69, 9.17) is 19.9 Å². The second kappa shape index (κ2) is 6.42. The smallest absolute Gasteiger partial charge is 0.135 e. The predicted molar refractivity (Wildman–Crippen MR) is 89.3 cm³/mol. The molecule has 1 heterocycles. The van der Waals surface area contributed by atoms with Crippen LogP contribution in [-0.4, -0.2) is 31.1 Å². The van der Waals surface area contributed by atoms with E-state index in [0.29, 0.717) is 29.6 Å². The summed E-state index contributed by atoms with van der Waals surface area (Å²) in [6.07, 6.45) is 0. The highest BCUT2D eigenvalue weighted by Crippen LogP contribution is 2.35. The van der Waals surface area contributed by atoms with Gasteiger partial charge in [-0.1, -0.05) is 0 Å². The number of halogens is 1. The molecule has 21 heavy (non-hydrogen) atoms. The van der Waals surface area contributed by atoms with Crippen molar-refractivity contribution in [2.45, 2.75) is 13.5 Å². The first-order valence-electron chi connectivity index (χ1n) is 6.29. The van der Waals surface area contributed by atoms with Crippen LogP contribution in [0.2, 0.25) is 0 Å². The molecule has 0 saturated heterocycles. The van der Waals surface area contributed by atoms with Gasteiger partial charge in [-0.05, 0) is 29.5 Å². The number of hydrogen-bond acceptors (Lipinski definition) is 5. The van der Waals surface area contributed by atoms with Crippen LogP contribution in [0.4, 0.5) is 5.82 Å². The molecule has 0 aliphatic carbocycles. The van der Waals surface area contributed by atoms with Crippen LogP contribution in [0.25, 0.3) is 0 Å². The minimum atomic E-state index is 0.464. The third-order valence-electron chi connectivity index (χ3n) is 3.22. The molecular formula is C14H18IN3O3. The quantitative estimate of drug-likeness (QED) is 0.777. The summed E-state index contributed by atoms with van der Waals surface area (Å²) < 4.78 is 18.8. The molecule has 114 valence electrons. The number of aryl methyl sites for hydroxylation is 1. The summed E-state index contributed by atoms with van der Waals surface area (Å²) in [6, 6.07) is 3.63. The summed E-state index contributed by atoms with van der Waals surface area (Å²) >= 11 is 2.19. The molecule has 0 amide bonds. The van der Waals surface area contributed by atoms with Gasteiger partial charge in [0.1, 0.15) is 23.1 Å². The molecule has 0 bridgehead atoms. The first kappa shape index (κ1) is 15.7. The molecule has 0 atom stereocenters. The average molecular weight is 403 g/mol. The number of nitrogens with two attached hydrogens (primary N) is 1. The molecule has 0 spiro atoms. The van der Waals surface area contributed by atoms with Crippen molar-refractivity contribution in [1.29, 1.82) is 0 Å². The molecule has 1 aromatic heterocycles. The van der Waals surface area contributed by atoms with Crippen molar-refractivity contribution in [3.63, 3.8) is 0 Å². The Hall–Kier alpha value is -1.64. The van der Waals surface area contributed by atoms with Crippen LogP contribution in [0, 0.1) is 10.5 Å². The van der Waals surface area contributed by atoms with Crippen molar-refractivity contribution in [2.24, 2.45) is 0 Å². The van der Waals surface area contributed by atoms with Gasteiger partial charge in [-0.3, -0.25) is 0 Å². The van der Waals surface area contributed by atoms with E-state index < -0.39 is 0 Å². The number of nitrogens with zero attached hydrogens (tertiary/aromatic N) is 2. The van der Waals surface area contributed by atoms with Crippen molar-refractivity contribution in [2.75, 3.05) is 27.1 Å². The number of ether oxygens (including phenoxy) is 3. The van der Waals surface area contributed by atoms with Gasteiger partial charge in [-0.15, -0.1) is 0 Å². The topological polar surface area (TPSA) is 71.5 Å². The molecule has 1 aromatic carbocycles. The monoisotopic (exact) mass is 403 g/mol. The van der Waals surface area contributed by atoms with Crippen LogP contribution in [0.5, 0.6) is 17.2 Å². The Bertz CT molecular complexity index is 630. The zero-order chi connectivity index (χ0) is 15.6. The Morgan fingerprint density at radius 2 is 1.71 bits per heavy atom. The van der Waals surface area contributed by atoms with Crippen molar-refractivity contribution in [1.82, 2.24) is 9.78 Å². The Labute approximate surface area is 137 Å². The molecule has 7 heteroatoms. The largest absolute Gasteiger partial charge is 0.496 e. The maximum absolute atomic E-state index is 6.08. The maximum Gasteiger partial charge on any atom is 0.135 e. The zero-order valence-electron chi connectivity index (χ0n) is 12.4. The standard InChI is InChI=1S/C14H18IN3O3/c1-8-13(15)14(16)18(17-8)7-10-11(20-3)5-9(19-2)6-12(10)21-4/h5-6H,7,16H2,1-4H3. The van der Waals surface area contributed by atoms with Crippen molar-refractivity contribution in [3.8, 4) is 17.2 Å². The molecule has 2 rings (SSSR count). The molecular weight excluding hydrogens is 385 g/mol. The fraction of sp³-hybridized carbons (Fsp3) is 0.357. The highest BCUT2D eigenvalue weighted by molar-refractivity contribution is 14.1. The number of nitrogen functional groups attached to an aromatic ring is 1. The lowest BCUT2D eigenvalue weighted by Crippen LogP contribution is -2.09. The Balaban J connectivity index is 2.49. The number of anilines is 1. The first-order chi connectivity index (χ1) is 10.0. The van der Waals surface area contributed by atoms with E-state index in [0.717, 1.165) is 14.8 Å². The SMILES string of the molecule is COc1cc(OC)c(Cn2nc(C)c(I)c2N)c(OC)c1. The molecule has 6 nitrogen and oxygen atoms in total. The van der Waals surface area contributed by atoms with Crippen LogP contribution >= 0.6 is 22.6 Å². The molecule has 0 saturated carbocycles. The molecule has 2 N–H and O–H groups in total. The van der Waals surface area contributed by atoms with Gasteiger partial charge in [0.2, 0.25) is 0 Å². The Morgan fingerprint density at radius 1 is 1.14 bits per heavy atom. The van der Waals surface area contributed by atoms with E-state index in [1.165, 1.54) is 0 Å². The molecule has 0 unspecified atom stereocenters. The number of benzene rings is 1. The number of methoxy groups -OCH3 is 3. The van der Waals surface area contributed by atoms with Gasteiger partial charge in [0.15, 0.2) is 0 Å². The molecule has 0 aliphatic heterocycles. The fourth-order valence-electron chi connectivity index (χ4n) is 2.08. The number of rotatable bonds is 5. The summed E-state index contributed by atoms with van der Waals surface area (Å²) in [6.45, 7) is 2.39. The summed E-state index contributed by atoms with van der Waals surface area (Å²) in [7, 11) is 4.82. The van der Waals surface area contributed by atoms with E-state index in [-0.39, 0.29) is 0 Å². The average Bonchev–Trinajstić information content (AvgIpc) is 2.74. The minimum absolute atomic E-state index is 0.464. The highest BCUT2D eigenvalue weighted by atomic mass is 127. The lowest BCUT2D eigenvalue weighted by molar-refractivity contribution is 0.366. The minimum Gasteiger partial charge on any atom is -0.496 e. The van der Waals surface area contributed by atoms with E-state index in [2.05, 4.69) is 27.7 Å². The summed E-state index contributed by atoms with van der Waals surface area (Å²) in [5, 5.41) is 4.44. The molecule has 0 radical (unpaired) electrons. The third-order valence-corrected chi connectivity index (χ3v) is 4.55. The lowest BCUT2D eigenvalue weighted by Gasteiger charge is -2.15. The molecule has 0 fully saturated rings. The Morgan fingerprint density at radius 3 is 2.10 bits per heavy atom. The van der Waals surface area contributed by atoms with Crippen LogP contribution in [0.15, 0.2) is 12.1 Å². The van der Waals surface area contributed by atoms with E-state index in [9.17, 15) is 0 Å². The first-order valence-corrected chi connectivity index (χ1v) is 7.37. The van der Waals surface area contributed by atoms with Crippen molar-refractivity contribution >= 4 is 28.4 Å². The van der Waals surface area contributed by atoms with Crippen LogP contribution < -0.4 is 19.9 Å². The third kappa shape index (κ3) is 3.02. The molecule has 2 aromatic rings. The van der Waals surface area contributed by atoms with Crippen molar-refractivity contribution < 1.29 is 14.2 Å². The molecule has 0 aliphatic rings. The van der Waals surface area contributed by atoms with E-state index in [1.54, 1.807) is 26.0 Å². The number of hydrogen-bond donors (Lipinski definition) is 1. The zero-order valence-corrected chi connectivity index (χ0v) is 14.6. The summed E-state index contributed by atoms with van der Waals surface area (Å²) in [4.78, 5) is 0. The predicted octanol–water partition coefficient (Wildman–Crippen LogP) is 2.45. The highest BCUT2D eigenvalue weighted by Gasteiger charge is 2.17. The normalized spacial score (nSPS) is 10.5. The van der Waals surface area contributed by atoms with E-state index in [1.807, 2.05) is 19.1 Å². The lowest BCUT2D eigenvalue weighted by atomic mass is 10.1. The Kier molecular flexibility index (Phi) is 4.81. The maximum atomic E-state index is 6.08. The van der Waals surface area contributed by atoms with Gasteiger partial charge < -0.3 is 19.9 Å². The summed E-state index contributed by atoms with van der Waals surface area (Å²) in [5.74, 6) is 2.65. The van der Waals surface area contributed by atoms with Crippen molar-refractivity contribution in [3.05, 3.63) is 27.0 Å². The fourth-order valence-corrected chi connectivity index (χ4v) is 2.47. The van der Waals surface area contributed by atoms with Crippen LogP contribution in [-0.2, 0) is 6.54 Å². The second-order valence-electron chi connectivity index (χ2n) is 4.45. The van der Waals surface area contributed by atoms with Gasteiger partial charge >= 0.3 is 0 Å². The van der Waals surface area contributed by atoms with Gasteiger partial charge in [-0.2, -0.15) is 5.10 Å². The van der Waals surface area contributed by atoms with Crippen LogP contribution in [0.1, 0.15) is 11.3 Å². The van der Waals surface area contributed by atoms with Gasteiger partial charge in [0, 0.05) is 12.1 Å². The summed E-state index contributed by atoms with van der Waals surface area (Å²) in [5.41, 5.74) is 7.85.